The molecule has 0 saturated carbocycles. The first-order valence-electron chi connectivity index (χ1n) is 6.90. The Labute approximate surface area is 125 Å². The minimum Gasteiger partial charge on any atom is -0.399 e. The summed E-state index contributed by atoms with van der Waals surface area (Å²) in [6.07, 6.45) is 0.579. The molecule has 0 unspecified atom stereocenters. The molecule has 2 rings (SSSR count). The van der Waals surface area contributed by atoms with Crippen molar-refractivity contribution in [3.63, 3.8) is 0 Å². The fraction of sp³-hybridized carbons (Fsp3) is 0.500. The Kier molecular flexibility index (Phi) is 3.99. The third kappa shape index (κ3) is 2.63. The van der Waals surface area contributed by atoms with Gasteiger partial charge in [0.15, 0.2) is 0 Å². The third-order valence-electron chi connectivity index (χ3n) is 3.82. The summed E-state index contributed by atoms with van der Waals surface area (Å²) in [6, 6.07) is 4.88. The van der Waals surface area contributed by atoms with Gasteiger partial charge in [-0.25, -0.2) is 8.42 Å². The van der Waals surface area contributed by atoms with Crippen LogP contribution in [0, 0.1) is 0 Å². The largest absolute Gasteiger partial charge is 0.399 e. The first kappa shape index (κ1) is 15.8. The van der Waals surface area contributed by atoms with Gasteiger partial charge in [0, 0.05) is 18.8 Å². The summed E-state index contributed by atoms with van der Waals surface area (Å²) in [5, 5.41) is 2.70. The van der Waals surface area contributed by atoms with Crippen LogP contribution in [-0.4, -0.2) is 37.3 Å². The molecule has 116 valence electrons. The molecule has 1 heterocycles. The molecule has 0 atom stereocenters. The summed E-state index contributed by atoms with van der Waals surface area (Å²) in [6.45, 7) is 5.66. The van der Waals surface area contributed by atoms with Gasteiger partial charge in [0.05, 0.1) is 4.90 Å². The quantitative estimate of drug-likeness (QED) is 0.805. The van der Waals surface area contributed by atoms with Crippen LogP contribution < -0.4 is 11.1 Å². The SMILES string of the molecule is CCc1ccc(N)cc1S(=O)(=O)N1CCNC(=O)C1(C)C. The normalized spacial score (nSPS) is 19.3. The molecule has 1 amide bonds. The Morgan fingerprint density at radius 1 is 1.38 bits per heavy atom. The molecule has 1 aromatic carbocycles. The molecular formula is C14H21N3O3S. The second-order valence-corrected chi connectivity index (χ2v) is 7.44. The number of nitrogens with two attached hydrogens (primary N) is 1. The van der Waals surface area contributed by atoms with E-state index in [0.717, 1.165) is 0 Å². The maximum Gasteiger partial charge on any atom is 0.244 e. The number of carbonyl (C=O) groups excluding carboxylic acids is 1. The molecule has 21 heavy (non-hydrogen) atoms. The Bertz CT molecular complexity index is 668. The minimum atomic E-state index is -3.78. The summed E-state index contributed by atoms with van der Waals surface area (Å²) in [5.74, 6) is -0.292. The van der Waals surface area contributed by atoms with Crippen molar-refractivity contribution >= 4 is 21.6 Å². The smallest absolute Gasteiger partial charge is 0.244 e. The lowest BCUT2D eigenvalue weighted by Crippen LogP contribution is -2.63. The Morgan fingerprint density at radius 3 is 2.67 bits per heavy atom. The van der Waals surface area contributed by atoms with Crippen LogP contribution in [0.15, 0.2) is 23.1 Å². The van der Waals surface area contributed by atoms with Crippen molar-refractivity contribution < 1.29 is 13.2 Å². The zero-order valence-electron chi connectivity index (χ0n) is 12.5. The number of piperazine rings is 1. The molecule has 7 heteroatoms. The summed E-state index contributed by atoms with van der Waals surface area (Å²) in [5.41, 5.74) is 5.72. The van der Waals surface area contributed by atoms with Crippen LogP contribution in [0.3, 0.4) is 0 Å². The highest BCUT2D eigenvalue weighted by Crippen LogP contribution is 2.29. The fourth-order valence-electron chi connectivity index (χ4n) is 2.52. The zero-order chi connectivity index (χ0) is 15.8. The molecular weight excluding hydrogens is 290 g/mol. The van der Waals surface area contributed by atoms with E-state index in [4.69, 9.17) is 5.73 Å². The Hall–Kier alpha value is -1.60. The molecule has 1 aromatic rings. The molecule has 1 fully saturated rings. The lowest BCUT2D eigenvalue weighted by atomic mass is 10.0. The molecule has 0 aliphatic carbocycles. The molecule has 1 aliphatic heterocycles. The fourth-order valence-corrected chi connectivity index (χ4v) is 4.60. The van der Waals surface area contributed by atoms with Crippen molar-refractivity contribution in [2.24, 2.45) is 0 Å². The number of amides is 1. The van der Waals surface area contributed by atoms with Gasteiger partial charge in [0.2, 0.25) is 15.9 Å². The monoisotopic (exact) mass is 311 g/mol. The van der Waals surface area contributed by atoms with Crippen molar-refractivity contribution in [2.75, 3.05) is 18.8 Å². The van der Waals surface area contributed by atoms with Crippen LogP contribution >= 0.6 is 0 Å². The van der Waals surface area contributed by atoms with E-state index in [2.05, 4.69) is 5.32 Å². The van der Waals surface area contributed by atoms with E-state index in [-0.39, 0.29) is 17.3 Å². The summed E-state index contributed by atoms with van der Waals surface area (Å²) >= 11 is 0. The van der Waals surface area contributed by atoms with E-state index in [9.17, 15) is 13.2 Å². The molecule has 3 N–H and O–H groups in total. The number of rotatable bonds is 3. The Balaban J connectivity index is 2.57. The highest BCUT2D eigenvalue weighted by molar-refractivity contribution is 7.89. The summed E-state index contributed by atoms with van der Waals surface area (Å²) in [7, 11) is -3.78. The van der Waals surface area contributed by atoms with Crippen LogP contribution in [0.1, 0.15) is 26.3 Å². The van der Waals surface area contributed by atoms with Crippen molar-refractivity contribution in [1.29, 1.82) is 0 Å². The maximum atomic E-state index is 13.0. The number of nitrogens with one attached hydrogen (secondary N) is 1. The van der Waals surface area contributed by atoms with E-state index >= 15 is 0 Å². The molecule has 0 spiro atoms. The molecule has 1 saturated heterocycles. The van der Waals surface area contributed by atoms with Crippen LogP contribution in [0.5, 0.6) is 0 Å². The van der Waals surface area contributed by atoms with Gasteiger partial charge in [0.25, 0.3) is 0 Å². The summed E-state index contributed by atoms with van der Waals surface area (Å²) in [4.78, 5) is 12.2. The Morgan fingerprint density at radius 2 is 2.05 bits per heavy atom. The average Bonchev–Trinajstić information content (AvgIpc) is 2.41. The predicted octanol–water partition coefficient (Wildman–Crippen LogP) is 0.730. The first-order valence-corrected chi connectivity index (χ1v) is 8.34. The van der Waals surface area contributed by atoms with Gasteiger partial charge in [-0.1, -0.05) is 13.0 Å². The van der Waals surface area contributed by atoms with Gasteiger partial charge in [-0.05, 0) is 38.0 Å². The van der Waals surface area contributed by atoms with Crippen molar-refractivity contribution in [1.82, 2.24) is 9.62 Å². The lowest BCUT2D eigenvalue weighted by molar-refractivity contribution is -0.131. The molecule has 1 aliphatic rings. The molecule has 0 bridgehead atoms. The molecule has 0 radical (unpaired) electrons. The summed E-state index contributed by atoms with van der Waals surface area (Å²) < 4.78 is 27.2. The highest BCUT2D eigenvalue weighted by Gasteiger charge is 2.45. The van der Waals surface area contributed by atoms with E-state index in [1.54, 1.807) is 26.0 Å². The van der Waals surface area contributed by atoms with Gasteiger partial charge in [-0.15, -0.1) is 0 Å². The molecule has 6 nitrogen and oxygen atoms in total. The topological polar surface area (TPSA) is 92.5 Å². The van der Waals surface area contributed by atoms with Gasteiger partial charge in [0.1, 0.15) is 5.54 Å². The number of sulfonamides is 1. The minimum absolute atomic E-state index is 0.188. The second-order valence-electron chi connectivity index (χ2n) is 5.61. The lowest BCUT2D eigenvalue weighted by Gasteiger charge is -2.40. The third-order valence-corrected chi connectivity index (χ3v) is 5.97. The van der Waals surface area contributed by atoms with Crippen LogP contribution in [0.2, 0.25) is 0 Å². The van der Waals surface area contributed by atoms with Crippen molar-refractivity contribution in [2.45, 2.75) is 37.6 Å². The molecule has 0 aromatic heterocycles. The van der Waals surface area contributed by atoms with E-state index in [1.807, 2.05) is 6.92 Å². The number of anilines is 1. The number of hydrogen-bond donors (Lipinski definition) is 2. The number of aryl methyl sites for hydroxylation is 1. The van der Waals surface area contributed by atoms with Crippen LogP contribution in [0.25, 0.3) is 0 Å². The number of nitrogen functional groups attached to an aromatic ring is 1. The standard InChI is InChI=1S/C14H21N3O3S/c1-4-10-5-6-11(15)9-12(10)21(19,20)17-8-7-16-13(18)14(17,2)3/h5-6,9H,4,7-8,15H2,1-3H3,(H,16,18). The van der Waals surface area contributed by atoms with Crippen molar-refractivity contribution in [3.05, 3.63) is 23.8 Å². The van der Waals surface area contributed by atoms with Gasteiger partial charge in [-0.3, -0.25) is 4.79 Å². The predicted molar refractivity (Wildman–Crippen MR) is 81.2 cm³/mol. The van der Waals surface area contributed by atoms with Crippen molar-refractivity contribution in [3.8, 4) is 0 Å². The van der Waals surface area contributed by atoms with Gasteiger partial charge >= 0.3 is 0 Å². The maximum absolute atomic E-state index is 13.0. The van der Waals surface area contributed by atoms with E-state index in [1.165, 1.54) is 10.4 Å². The van der Waals surface area contributed by atoms with E-state index in [0.29, 0.717) is 24.2 Å². The van der Waals surface area contributed by atoms with Gasteiger partial charge in [-0.2, -0.15) is 4.31 Å². The van der Waals surface area contributed by atoms with Crippen LogP contribution in [0.4, 0.5) is 5.69 Å². The van der Waals surface area contributed by atoms with Crippen LogP contribution in [-0.2, 0) is 21.2 Å². The number of hydrogen-bond acceptors (Lipinski definition) is 4. The first-order chi connectivity index (χ1) is 9.71. The van der Waals surface area contributed by atoms with E-state index < -0.39 is 15.6 Å². The second kappa shape index (κ2) is 5.31. The zero-order valence-corrected chi connectivity index (χ0v) is 13.3. The average molecular weight is 311 g/mol. The highest BCUT2D eigenvalue weighted by atomic mass is 32.2. The number of benzene rings is 1. The number of nitrogens with zero attached hydrogens (tertiary/aromatic N) is 1. The number of carbonyl (C=O) groups is 1. The van der Waals surface area contributed by atoms with Gasteiger partial charge < -0.3 is 11.1 Å².